The SMILES string of the molecule is CCOc1cc(C)ccc1CNC(=NC)NCCNC(=O)c1scnc1C.I. The van der Waals surface area contributed by atoms with E-state index in [0.717, 1.165) is 22.6 Å². The number of aromatic nitrogens is 1. The van der Waals surface area contributed by atoms with Crippen LogP contribution in [0.25, 0.3) is 0 Å². The topological polar surface area (TPSA) is 87.6 Å². The molecule has 2 rings (SSSR count). The number of nitrogens with one attached hydrogen (secondary N) is 3. The first-order chi connectivity index (χ1) is 13.0. The van der Waals surface area contributed by atoms with Crippen molar-refractivity contribution in [3.05, 3.63) is 45.4 Å². The van der Waals surface area contributed by atoms with Crippen molar-refractivity contribution in [2.75, 3.05) is 26.7 Å². The maximum absolute atomic E-state index is 12.0. The number of thiazole rings is 1. The van der Waals surface area contributed by atoms with Crippen LogP contribution < -0.4 is 20.7 Å². The minimum absolute atomic E-state index is 0. The molecule has 3 N–H and O–H groups in total. The molecule has 0 unspecified atom stereocenters. The highest BCUT2D eigenvalue weighted by Gasteiger charge is 2.10. The van der Waals surface area contributed by atoms with Crippen LogP contribution in [0.2, 0.25) is 0 Å². The Bertz CT molecular complexity index is 794. The number of amides is 1. The second-order valence-corrected chi connectivity index (χ2v) is 6.77. The number of guanidine groups is 1. The number of rotatable bonds is 8. The molecule has 28 heavy (non-hydrogen) atoms. The summed E-state index contributed by atoms with van der Waals surface area (Å²) >= 11 is 1.35. The molecular weight excluding hydrogens is 489 g/mol. The van der Waals surface area contributed by atoms with Crippen molar-refractivity contribution in [3.63, 3.8) is 0 Å². The van der Waals surface area contributed by atoms with Gasteiger partial charge in [0.15, 0.2) is 5.96 Å². The van der Waals surface area contributed by atoms with Crippen LogP contribution in [-0.4, -0.2) is 43.6 Å². The van der Waals surface area contributed by atoms with Crippen LogP contribution >= 0.6 is 35.3 Å². The average molecular weight is 517 g/mol. The maximum atomic E-state index is 12.0. The third-order valence-corrected chi connectivity index (χ3v) is 4.77. The molecule has 1 aromatic carbocycles. The van der Waals surface area contributed by atoms with Gasteiger partial charge in [-0.25, -0.2) is 4.98 Å². The lowest BCUT2D eigenvalue weighted by atomic mass is 10.1. The van der Waals surface area contributed by atoms with Gasteiger partial charge in [0, 0.05) is 32.2 Å². The van der Waals surface area contributed by atoms with E-state index in [1.807, 2.05) is 26.8 Å². The van der Waals surface area contributed by atoms with Gasteiger partial charge in [0.05, 0.1) is 17.8 Å². The van der Waals surface area contributed by atoms with Crippen LogP contribution in [0.5, 0.6) is 5.75 Å². The molecule has 1 aromatic heterocycles. The van der Waals surface area contributed by atoms with Crippen molar-refractivity contribution in [2.45, 2.75) is 27.3 Å². The first-order valence-electron chi connectivity index (χ1n) is 8.90. The number of hydrogen-bond donors (Lipinski definition) is 3. The minimum atomic E-state index is -0.0965. The van der Waals surface area contributed by atoms with Gasteiger partial charge in [-0.1, -0.05) is 12.1 Å². The molecule has 0 aliphatic rings. The summed E-state index contributed by atoms with van der Waals surface area (Å²) in [5.41, 5.74) is 4.66. The third kappa shape index (κ3) is 7.27. The van der Waals surface area contributed by atoms with E-state index in [1.54, 1.807) is 12.6 Å². The highest BCUT2D eigenvalue weighted by Crippen LogP contribution is 2.20. The average Bonchev–Trinajstić information content (AvgIpc) is 3.08. The summed E-state index contributed by atoms with van der Waals surface area (Å²) in [6.45, 7) is 8.13. The van der Waals surface area contributed by atoms with Crippen molar-refractivity contribution in [2.24, 2.45) is 4.99 Å². The smallest absolute Gasteiger partial charge is 0.263 e. The molecule has 0 bridgehead atoms. The summed E-state index contributed by atoms with van der Waals surface area (Å²) in [6, 6.07) is 6.15. The number of hydrogen-bond acceptors (Lipinski definition) is 5. The number of aryl methyl sites for hydroxylation is 2. The van der Waals surface area contributed by atoms with Gasteiger partial charge in [0.25, 0.3) is 5.91 Å². The fourth-order valence-corrected chi connectivity index (χ4v) is 3.17. The van der Waals surface area contributed by atoms with Crippen LogP contribution in [0, 0.1) is 13.8 Å². The standard InChI is InChI=1S/C19H27N5O2S.HI/c1-5-26-16-10-13(2)6-7-15(16)11-23-19(20-4)22-9-8-21-18(25)17-14(3)24-12-27-17;/h6-7,10,12H,5,8-9,11H2,1-4H3,(H,21,25)(H2,20,22,23);1H. The number of carbonyl (C=O) groups is 1. The fourth-order valence-electron chi connectivity index (χ4n) is 2.45. The van der Waals surface area contributed by atoms with Gasteiger partial charge in [0.1, 0.15) is 10.6 Å². The van der Waals surface area contributed by atoms with E-state index in [2.05, 4.69) is 38.1 Å². The Morgan fingerprint density at radius 3 is 2.61 bits per heavy atom. The Morgan fingerprint density at radius 2 is 1.96 bits per heavy atom. The van der Waals surface area contributed by atoms with E-state index in [1.165, 1.54) is 11.3 Å². The molecule has 1 amide bonds. The summed E-state index contributed by atoms with van der Waals surface area (Å²) in [4.78, 5) is 21.0. The summed E-state index contributed by atoms with van der Waals surface area (Å²) in [6.07, 6.45) is 0. The molecule has 2 aromatic rings. The van der Waals surface area contributed by atoms with Crippen LogP contribution in [-0.2, 0) is 6.54 Å². The van der Waals surface area contributed by atoms with Crippen LogP contribution in [0.1, 0.15) is 33.4 Å². The van der Waals surface area contributed by atoms with Crippen LogP contribution in [0.4, 0.5) is 0 Å². The zero-order valence-electron chi connectivity index (χ0n) is 16.7. The first kappa shape index (κ1) is 24.2. The van der Waals surface area contributed by atoms with E-state index in [4.69, 9.17) is 4.74 Å². The summed E-state index contributed by atoms with van der Waals surface area (Å²) in [5, 5.41) is 9.33. The lowest BCUT2D eigenvalue weighted by Gasteiger charge is -2.15. The number of benzene rings is 1. The molecular formula is C19H28IN5O2S. The van der Waals surface area contributed by atoms with Gasteiger partial charge in [-0.15, -0.1) is 35.3 Å². The number of aliphatic imine (C=N–C) groups is 1. The van der Waals surface area contributed by atoms with Crippen LogP contribution in [0.15, 0.2) is 28.7 Å². The maximum Gasteiger partial charge on any atom is 0.263 e. The highest BCUT2D eigenvalue weighted by atomic mass is 127. The monoisotopic (exact) mass is 517 g/mol. The largest absolute Gasteiger partial charge is 0.494 e. The molecule has 0 aliphatic carbocycles. The van der Waals surface area contributed by atoms with E-state index < -0.39 is 0 Å². The zero-order chi connectivity index (χ0) is 19.6. The second-order valence-electron chi connectivity index (χ2n) is 5.92. The van der Waals surface area contributed by atoms with E-state index >= 15 is 0 Å². The van der Waals surface area contributed by atoms with Crippen molar-refractivity contribution in [1.82, 2.24) is 20.9 Å². The van der Waals surface area contributed by atoms with Crippen molar-refractivity contribution < 1.29 is 9.53 Å². The predicted octanol–water partition coefficient (Wildman–Crippen LogP) is 2.87. The van der Waals surface area contributed by atoms with Gasteiger partial charge >= 0.3 is 0 Å². The van der Waals surface area contributed by atoms with Gasteiger partial charge in [0.2, 0.25) is 0 Å². The molecule has 154 valence electrons. The predicted molar refractivity (Wildman–Crippen MR) is 125 cm³/mol. The summed E-state index contributed by atoms with van der Waals surface area (Å²) in [7, 11) is 1.72. The quantitative estimate of drug-likeness (QED) is 0.217. The normalized spacial score (nSPS) is 10.8. The lowest BCUT2D eigenvalue weighted by molar-refractivity contribution is 0.0957. The summed E-state index contributed by atoms with van der Waals surface area (Å²) < 4.78 is 5.70. The molecule has 0 fully saturated rings. The van der Waals surface area contributed by atoms with E-state index in [-0.39, 0.29) is 29.9 Å². The molecule has 7 nitrogen and oxygen atoms in total. The molecule has 0 atom stereocenters. The minimum Gasteiger partial charge on any atom is -0.494 e. The molecule has 0 radical (unpaired) electrons. The molecule has 0 saturated heterocycles. The number of carbonyl (C=O) groups excluding carboxylic acids is 1. The van der Waals surface area contributed by atoms with E-state index in [0.29, 0.717) is 37.1 Å². The van der Waals surface area contributed by atoms with Crippen molar-refractivity contribution in [1.29, 1.82) is 0 Å². The van der Waals surface area contributed by atoms with Gasteiger partial charge in [-0.2, -0.15) is 0 Å². The van der Waals surface area contributed by atoms with Crippen molar-refractivity contribution in [3.8, 4) is 5.75 Å². The molecule has 1 heterocycles. The Labute approximate surface area is 187 Å². The van der Waals surface area contributed by atoms with Crippen molar-refractivity contribution >= 4 is 47.2 Å². The zero-order valence-corrected chi connectivity index (χ0v) is 19.8. The molecule has 0 saturated carbocycles. The van der Waals surface area contributed by atoms with Crippen LogP contribution in [0.3, 0.4) is 0 Å². The highest BCUT2D eigenvalue weighted by molar-refractivity contribution is 14.0. The Morgan fingerprint density at radius 1 is 1.21 bits per heavy atom. The first-order valence-corrected chi connectivity index (χ1v) is 9.78. The third-order valence-electron chi connectivity index (χ3n) is 3.85. The second kappa shape index (κ2) is 12.6. The fraction of sp³-hybridized carbons (Fsp3) is 0.421. The Balaban J connectivity index is 0.00000392. The number of nitrogens with zero attached hydrogens (tertiary/aromatic N) is 2. The molecule has 0 spiro atoms. The van der Waals surface area contributed by atoms with Gasteiger partial charge in [-0.3, -0.25) is 9.79 Å². The van der Waals surface area contributed by atoms with E-state index in [9.17, 15) is 4.79 Å². The number of ether oxygens (including phenoxy) is 1. The number of halogens is 1. The van der Waals surface area contributed by atoms with Gasteiger partial charge in [-0.05, 0) is 32.4 Å². The molecule has 9 heteroatoms. The molecule has 0 aliphatic heterocycles. The lowest BCUT2D eigenvalue weighted by Crippen LogP contribution is -2.41. The Hall–Kier alpha value is -1.88. The summed E-state index contributed by atoms with van der Waals surface area (Å²) in [5.74, 6) is 1.45. The Kier molecular flexibility index (Phi) is 10.8. The van der Waals surface area contributed by atoms with Gasteiger partial charge < -0.3 is 20.7 Å².